The highest BCUT2D eigenvalue weighted by molar-refractivity contribution is 7.85. The summed E-state index contributed by atoms with van der Waals surface area (Å²) >= 11 is 0. The van der Waals surface area contributed by atoms with Crippen molar-refractivity contribution in [3.05, 3.63) is 96.1 Å². The fourth-order valence-corrected chi connectivity index (χ4v) is 4.25. The number of carbonyl (C=O) groups is 1. The molecule has 0 unspecified atom stereocenters. The summed E-state index contributed by atoms with van der Waals surface area (Å²) in [5.74, 6) is -0.339. The van der Waals surface area contributed by atoms with Gasteiger partial charge in [-0.2, -0.15) is 8.42 Å². The zero-order chi connectivity index (χ0) is 30.4. The number of hydrogen-bond donors (Lipinski definition) is 4. The van der Waals surface area contributed by atoms with Gasteiger partial charge >= 0.3 is 0 Å². The summed E-state index contributed by atoms with van der Waals surface area (Å²) in [7, 11) is -2.30. The lowest BCUT2D eigenvalue weighted by atomic mass is 10.1. The Labute approximate surface area is 246 Å². The molecule has 4 rings (SSSR count). The van der Waals surface area contributed by atoms with Gasteiger partial charge in [-0.15, -0.1) is 0 Å². The molecule has 12 heteroatoms. The lowest BCUT2D eigenvalue weighted by Crippen LogP contribution is -2.18. The van der Waals surface area contributed by atoms with E-state index in [-0.39, 0.29) is 16.4 Å². The minimum absolute atomic E-state index is 0.0666. The third-order valence-electron chi connectivity index (χ3n) is 6.02. The molecule has 0 aliphatic rings. The Balaban J connectivity index is 0.000000369. The van der Waals surface area contributed by atoms with E-state index in [1.54, 1.807) is 50.0 Å². The fourth-order valence-electron chi connectivity index (χ4n) is 3.77. The van der Waals surface area contributed by atoms with Crippen LogP contribution in [-0.2, 0) is 21.3 Å². The smallest absolute Gasteiger partial charge is 0.294 e. The van der Waals surface area contributed by atoms with Gasteiger partial charge in [-0.25, -0.2) is 9.97 Å². The Morgan fingerprint density at radius 3 is 2.36 bits per heavy atom. The summed E-state index contributed by atoms with van der Waals surface area (Å²) in [5.41, 5.74) is 10.2. The van der Waals surface area contributed by atoms with Gasteiger partial charge in [0.1, 0.15) is 0 Å². The molecule has 0 fully saturated rings. The van der Waals surface area contributed by atoms with Crippen LogP contribution in [0, 0.1) is 6.92 Å². The highest BCUT2D eigenvalue weighted by atomic mass is 32.2. The van der Waals surface area contributed by atoms with E-state index in [1.165, 1.54) is 17.7 Å². The first-order valence-corrected chi connectivity index (χ1v) is 14.8. The zero-order valence-electron chi connectivity index (χ0n) is 23.7. The minimum atomic E-state index is -4.02. The molecule has 1 amide bonds. The SMILES string of the molecule is COCCCNCCCc1ccc(-c2cnc(N)c(C(=O)Nc3cccnc3)n2)cc1.Cc1ccc(S(=O)(=O)O)cc1. The number of methoxy groups -OCH3 is 1. The van der Waals surface area contributed by atoms with Gasteiger partial charge in [-0.1, -0.05) is 42.0 Å². The Morgan fingerprint density at radius 1 is 1.00 bits per heavy atom. The van der Waals surface area contributed by atoms with Crippen LogP contribution in [0.1, 0.15) is 34.5 Å². The molecule has 42 heavy (non-hydrogen) atoms. The Kier molecular flexibility index (Phi) is 12.5. The fraction of sp³-hybridized carbons (Fsp3) is 0.267. The van der Waals surface area contributed by atoms with Gasteiger partial charge in [-0.3, -0.25) is 14.3 Å². The van der Waals surface area contributed by atoms with Crippen molar-refractivity contribution in [2.24, 2.45) is 0 Å². The molecule has 5 N–H and O–H groups in total. The van der Waals surface area contributed by atoms with Gasteiger partial charge in [0, 0.05) is 25.5 Å². The van der Waals surface area contributed by atoms with Crippen LogP contribution >= 0.6 is 0 Å². The number of benzene rings is 2. The number of nitrogens with zero attached hydrogens (tertiary/aromatic N) is 3. The maximum atomic E-state index is 12.6. The summed E-state index contributed by atoms with van der Waals surface area (Å²) in [4.78, 5) is 25.1. The molecule has 2 aromatic carbocycles. The number of nitrogens with one attached hydrogen (secondary N) is 2. The normalized spacial score (nSPS) is 10.9. The second kappa shape index (κ2) is 16.3. The van der Waals surface area contributed by atoms with Gasteiger partial charge < -0.3 is 21.1 Å². The van der Waals surface area contributed by atoms with Crippen LogP contribution in [0.4, 0.5) is 11.5 Å². The van der Waals surface area contributed by atoms with Crippen molar-refractivity contribution in [2.75, 3.05) is 37.9 Å². The number of carbonyl (C=O) groups excluding carboxylic acids is 1. The van der Waals surface area contributed by atoms with Crippen LogP contribution < -0.4 is 16.4 Å². The lowest BCUT2D eigenvalue weighted by Gasteiger charge is -2.09. The zero-order valence-corrected chi connectivity index (χ0v) is 24.5. The predicted molar refractivity (Wildman–Crippen MR) is 163 cm³/mol. The number of aryl methyl sites for hydroxylation is 2. The predicted octanol–water partition coefficient (Wildman–Crippen LogP) is 4.17. The number of hydrogen-bond acceptors (Lipinski definition) is 9. The first kappa shape index (κ1) is 32.3. The quantitative estimate of drug-likeness (QED) is 0.138. The molecule has 222 valence electrons. The van der Waals surface area contributed by atoms with Gasteiger partial charge in [0.15, 0.2) is 11.5 Å². The van der Waals surface area contributed by atoms with Crippen LogP contribution in [0.15, 0.2) is 84.1 Å². The maximum absolute atomic E-state index is 12.6. The number of nitrogens with two attached hydrogens (primary N) is 1. The maximum Gasteiger partial charge on any atom is 0.294 e. The van der Waals surface area contributed by atoms with Crippen molar-refractivity contribution in [1.82, 2.24) is 20.3 Å². The second-order valence-corrected chi connectivity index (χ2v) is 10.8. The number of ether oxygens (including phenoxy) is 1. The number of anilines is 2. The summed E-state index contributed by atoms with van der Waals surface area (Å²) in [6, 6.07) is 17.6. The van der Waals surface area contributed by atoms with E-state index >= 15 is 0 Å². The Morgan fingerprint density at radius 2 is 1.71 bits per heavy atom. The summed E-state index contributed by atoms with van der Waals surface area (Å²) in [5, 5.41) is 6.15. The van der Waals surface area contributed by atoms with Crippen LogP contribution in [0.5, 0.6) is 0 Å². The Bertz CT molecular complexity index is 1520. The summed E-state index contributed by atoms with van der Waals surface area (Å²) in [6.45, 7) is 4.58. The van der Waals surface area contributed by atoms with E-state index in [2.05, 4.69) is 37.7 Å². The average molecular weight is 593 g/mol. The number of pyridine rings is 1. The topological polar surface area (TPSA) is 169 Å². The molecule has 11 nitrogen and oxygen atoms in total. The number of aromatic nitrogens is 3. The highest BCUT2D eigenvalue weighted by Crippen LogP contribution is 2.20. The summed E-state index contributed by atoms with van der Waals surface area (Å²) < 4.78 is 34.6. The molecule has 2 heterocycles. The van der Waals surface area contributed by atoms with E-state index in [4.69, 9.17) is 15.0 Å². The molecule has 0 spiro atoms. The van der Waals surface area contributed by atoms with Gasteiger partial charge in [0.2, 0.25) is 0 Å². The third kappa shape index (κ3) is 10.6. The second-order valence-electron chi connectivity index (χ2n) is 9.37. The molecular formula is C30H36N6O5S. The van der Waals surface area contributed by atoms with E-state index in [0.717, 1.165) is 50.1 Å². The molecule has 0 aliphatic heterocycles. The molecule has 2 aromatic heterocycles. The molecule has 0 bridgehead atoms. The minimum Gasteiger partial charge on any atom is -0.385 e. The number of amides is 1. The first-order valence-electron chi connectivity index (χ1n) is 13.3. The molecule has 0 radical (unpaired) electrons. The van der Waals surface area contributed by atoms with E-state index in [0.29, 0.717) is 11.4 Å². The van der Waals surface area contributed by atoms with E-state index < -0.39 is 16.0 Å². The third-order valence-corrected chi connectivity index (χ3v) is 6.89. The van der Waals surface area contributed by atoms with Crippen molar-refractivity contribution in [3.8, 4) is 11.3 Å². The largest absolute Gasteiger partial charge is 0.385 e. The molecule has 0 saturated heterocycles. The number of rotatable bonds is 12. The molecule has 0 saturated carbocycles. The standard InChI is InChI=1S/C23H28N6O2.C7H8O3S/c1-31-14-4-13-25-11-2-5-17-7-9-18(10-8-17)20-16-27-22(24)21(29-20)23(30)28-19-6-3-12-26-15-19;1-6-2-4-7(5-3-6)11(8,9)10/h3,6-10,12,15-16,25H,2,4-5,11,13-14H2,1H3,(H2,24,27)(H,28,30);2-5H,1H3,(H,8,9,10). The monoisotopic (exact) mass is 592 g/mol. The van der Waals surface area contributed by atoms with Crippen LogP contribution in [0.25, 0.3) is 11.3 Å². The molecular weight excluding hydrogens is 556 g/mol. The summed E-state index contributed by atoms with van der Waals surface area (Å²) in [6.07, 6.45) is 7.84. The molecule has 4 aromatic rings. The van der Waals surface area contributed by atoms with Crippen LogP contribution in [0.3, 0.4) is 0 Å². The van der Waals surface area contributed by atoms with Crippen molar-refractivity contribution in [3.63, 3.8) is 0 Å². The first-order chi connectivity index (χ1) is 20.2. The van der Waals surface area contributed by atoms with Gasteiger partial charge in [0.05, 0.1) is 28.7 Å². The van der Waals surface area contributed by atoms with Crippen LogP contribution in [-0.4, -0.2) is 60.6 Å². The lowest BCUT2D eigenvalue weighted by molar-refractivity contribution is 0.102. The highest BCUT2D eigenvalue weighted by Gasteiger charge is 2.15. The van der Waals surface area contributed by atoms with Gasteiger partial charge in [0.25, 0.3) is 16.0 Å². The molecule has 0 atom stereocenters. The van der Waals surface area contributed by atoms with E-state index in [1.807, 2.05) is 19.1 Å². The van der Waals surface area contributed by atoms with Crippen molar-refractivity contribution >= 4 is 27.5 Å². The van der Waals surface area contributed by atoms with Crippen LogP contribution in [0.2, 0.25) is 0 Å². The Hall–Kier alpha value is -4.23. The molecule has 0 aliphatic carbocycles. The van der Waals surface area contributed by atoms with E-state index in [9.17, 15) is 13.2 Å². The van der Waals surface area contributed by atoms with Crippen molar-refractivity contribution in [2.45, 2.75) is 31.1 Å². The van der Waals surface area contributed by atoms with Crippen molar-refractivity contribution in [1.29, 1.82) is 0 Å². The van der Waals surface area contributed by atoms with Gasteiger partial charge in [-0.05, 0) is 69.1 Å². The number of nitrogen functional groups attached to an aromatic ring is 1. The van der Waals surface area contributed by atoms with Crippen molar-refractivity contribution < 1.29 is 22.5 Å². The average Bonchev–Trinajstić information content (AvgIpc) is 2.98.